The molecular weight excluding hydrogens is 340 g/mol. The summed E-state index contributed by atoms with van der Waals surface area (Å²) in [6, 6.07) is 24.0. The standard InChI is InChI=1S/C14H10.C9H8O4/c1-3-7-13(8-4-1)11-12-14-9-5-2-6-10-14;1-5-2-6(8(10)11)4-7(3-5)9(12)13/h1-10H;2-4H,1H3,(H,10,11)(H,12,13). The molecule has 0 aliphatic heterocycles. The van der Waals surface area contributed by atoms with Crippen molar-refractivity contribution in [3.8, 4) is 11.8 Å². The van der Waals surface area contributed by atoms with Crippen molar-refractivity contribution in [3.05, 3.63) is 107 Å². The van der Waals surface area contributed by atoms with E-state index in [4.69, 9.17) is 10.2 Å². The number of rotatable bonds is 2. The largest absolute Gasteiger partial charge is 0.478 e. The summed E-state index contributed by atoms with van der Waals surface area (Å²) >= 11 is 0. The summed E-state index contributed by atoms with van der Waals surface area (Å²) in [5.41, 5.74) is 2.72. The third-order valence-corrected chi connectivity index (χ3v) is 3.47. The van der Waals surface area contributed by atoms with Gasteiger partial charge in [0.15, 0.2) is 0 Å². The predicted octanol–water partition coefficient (Wildman–Crippen LogP) is 4.48. The van der Waals surface area contributed by atoms with Gasteiger partial charge in [0.25, 0.3) is 0 Å². The van der Waals surface area contributed by atoms with E-state index in [-0.39, 0.29) is 11.1 Å². The van der Waals surface area contributed by atoms with Crippen LogP contribution in [-0.4, -0.2) is 22.2 Å². The van der Waals surface area contributed by atoms with Crippen LogP contribution in [0.15, 0.2) is 78.9 Å². The number of hydrogen-bond acceptors (Lipinski definition) is 2. The lowest BCUT2D eigenvalue weighted by Gasteiger charge is -1.99. The minimum absolute atomic E-state index is 0.00241. The second-order valence-electron chi connectivity index (χ2n) is 5.68. The molecule has 3 rings (SSSR count). The fourth-order valence-corrected chi connectivity index (χ4v) is 2.22. The fourth-order valence-electron chi connectivity index (χ4n) is 2.22. The molecule has 134 valence electrons. The highest BCUT2D eigenvalue weighted by Crippen LogP contribution is 2.09. The lowest BCUT2D eigenvalue weighted by atomic mass is 10.1. The molecule has 0 bridgehead atoms. The molecule has 3 aromatic rings. The van der Waals surface area contributed by atoms with E-state index in [1.165, 1.54) is 12.1 Å². The van der Waals surface area contributed by atoms with Gasteiger partial charge in [0.2, 0.25) is 0 Å². The van der Waals surface area contributed by atoms with Crippen molar-refractivity contribution in [3.63, 3.8) is 0 Å². The van der Waals surface area contributed by atoms with Crippen LogP contribution in [0.2, 0.25) is 0 Å². The first-order valence-electron chi connectivity index (χ1n) is 8.16. The Morgan fingerprint density at radius 1 is 0.667 bits per heavy atom. The van der Waals surface area contributed by atoms with Gasteiger partial charge in [0, 0.05) is 11.1 Å². The van der Waals surface area contributed by atoms with Gasteiger partial charge in [0.05, 0.1) is 11.1 Å². The quantitative estimate of drug-likeness (QED) is 0.663. The fraction of sp³-hybridized carbons (Fsp3) is 0.0435. The van der Waals surface area contributed by atoms with Gasteiger partial charge in [-0.3, -0.25) is 0 Å². The lowest BCUT2D eigenvalue weighted by Crippen LogP contribution is -2.02. The molecule has 3 aromatic carbocycles. The zero-order valence-electron chi connectivity index (χ0n) is 14.7. The Labute approximate surface area is 157 Å². The van der Waals surface area contributed by atoms with E-state index >= 15 is 0 Å². The van der Waals surface area contributed by atoms with Crippen LogP contribution < -0.4 is 0 Å². The summed E-state index contributed by atoms with van der Waals surface area (Å²) in [5.74, 6) is 3.98. The third-order valence-electron chi connectivity index (χ3n) is 3.47. The highest BCUT2D eigenvalue weighted by Gasteiger charge is 2.09. The third kappa shape index (κ3) is 6.52. The van der Waals surface area contributed by atoms with Crippen LogP contribution in [0, 0.1) is 18.8 Å². The Kier molecular flexibility index (Phi) is 6.92. The zero-order chi connectivity index (χ0) is 19.6. The SMILES string of the molecule is C(#Cc1ccccc1)c1ccccc1.Cc1cc(C(=O)O)cc(C(=O)O)c1. The minimum Gasteiger partial charge on any atom is -0.478 e. The number of carboxylic acid groups (broad SMARTS) is 2. The first kappa shape index (κ1) is 19.5. The van der Waals surface area contributed by atoms with Crippen molar-refractivity contribution in [1.82, 2.24) is 0 Å². The van der Waals surface area contributed by atoms with Crippen LogP contribution in [0.3, 0.4) is 0 Å². The summed E-state index contributed by atoms with van der Waals surface area (Å²) in [7, 11) is 0. The second kappa shape index (κ2) is 9.59. The Hall–Kier alpha value is -3.84. The molecule has 0 aromatic heterocycles. The highest BCUT2D eigenvalue weighted by molar-refractivity contribution is 5.94. The normalized spacial score (nSPS) is 9.22. The van der Waals surface area contributed by atoms with Crippen LogP contribution in [0.1, 0.15) is 37.4 Å². The van der Waals surface area contributed by atoms with E-state index in [0.29, 0.717) is 5.56 Å². The summed E-state index contributed by atoms with van der Waals surface area (Å²) in [6.07, 6.45) is 0. The first-order chi connectivity index (χ1) is 13.0. The van der Waals surface area contributed by atoms with Crippen molar-refractivity contribution in [2.45, 2.75) is 6.92 Å². The molecule has 0 aliphatic rings. The van der Waals surface area contributed by atoms with E-state index in [0.717, 1.165) is 17.2 Å². The molecule has 0 aliphatic carbocycles. The van der Waals surface area contributed by atoms with Gasteiger partial charge in [-0.05, 0) is 55.0 Å². The topological polar surface area (TPSA) is 74.6 Å². The summed E-state index contributed by atoms with van der Waals surface area (Å²) in [5, 5.41) is 17.2. The van der Waals surface area contributed by atoms with Crippen molar-refractivity contribution >= 4 is 11.9 Å². The van der Waals surface area contributed by atoms with E-state index in [1.807, 2.05) is 60.7 Å². The van der Waals surface area contributed by atoms with Gasteiger partial charge < -0.3 is 10.2 Å². The van der Waals surface area contributed by atoms with Gasteiger partial charge >= 0.3 is 11.9 Å². The molecule has 0 spiro atoms. The van der Waals surface area contributed by atoms with E-state index in [1.54, 1.807) is 6.92 Å². The van der Waals surface area contributed by atoms with Crippen LogP contribution in [0.4, 0.5) is 0 Å². The number of carbonyl (C=O) groups is 2. The second-order valence-corrected chi connectivity index (χ2v) is 5.68. The van der Waals surface area contributed by atoms with Crippen LogP contribution in [0.25, 0.3) is 0 Å². The molecule has 4 heteroatoms. The first-order valence-corrected chi connectivity index (χ1v) is 8.16. The van der Waals surface area contributed by atoms with E-state index in [2.05, 4.69) is 11.8 Å². The number of carboxylic acids is 2. The molecule has 0 radical (unpaired) electrons. The van der Waals surface area contributed by atoms with Crippen molar-refractivity contribution in [2.75, 3.05) is 0 Å². The molecule has 0 heterocycles. The maximum absolute atomic E-state index is 10.5. The minimum atomic E-state index is -1.12. The number of benzene rings is 3. The Bertz CT molecular complexity index is 905. The zero-order valence-corrected chi connectivity index (χ0v) is 14.7. The van der Waals surface area contributed by atoms with Crippen molar-refractivity contribution < 1.29 is 19.8 Å². The smallest absolute Gasteiger partial charge is 0.335 e. The average molecular weight is 358 g/mol. The van der Waals surface area contributed by atoms with Gasteiger partial charge in [-0.1, -0.05) is 48.2 Å². The van der Waals surface area contributed by atoms with Gasteiger partial charge in [-0.25, -0.2) is 9.59 Å². The van der Waals surface area contributed by atoms with Crippen LogP contribution in [0.5, 0.6) is 0 Å². The monoisotopic (exact) mass is 358 g/mol. The van der Waals surface area contributed by atoms with Gasteiger partial charge in [-0.15, -0.1) is 0 Å². The molecule has 4 nitrogen and oxygen atoms in total. The number of aryl methyl sites for hydroxylation is 1. The molecule has 27 heavy (non-hydrogen) atoms. The highest BCUT2D eigenvalue weighted by atomic mass is 16.4. The number of aromatic carboxylic acids is 2. The Balaban J connectivity index is 0.000000194. The Morgan fingerprint density at radius 2 is 1.04 bits per heavy atom. The van der Waals surface area contributed by atoms with Crippen molar-refractivity contribution in [2.24, 2.45) is 0 Å². The molecule has 0 fully saturated rings. The summed E-state index contributed by atoms with van der Waals surface area (Å²) < 4.78 is 0. The molecule has 0 amide bonds. The van der Waals surface area contributed by atoms with Crippen LogP contribution in [-0.2, 0) is 0 Å². The maximum Gasteiger partial charge on any atom is 0.335 e. The number of hydrogen-bond donors (Lipinski definition) is 2. The maximum atomic E-state index is 10.5. The summed E-state index contributed by atoms with van der Waals surface area (Å²) in [4.78, 5) is 21.1. The molecule has 0 saturated heterocycles. The van der Waals surface area contributed by atoms with Crippen molar-refractivity contribution in [1.29, 1.82) is 0 Å². The van der Waals surface area contributed by atoms with Crippen LogP contribution >= 0.6 is 0 Å². The molecular formula is C23H18O4. The predicted molar refractivity (Wildman–Crippen MR) is 104 cm³/mol. The molecule has 0 unspecified atom stereocenters. The molecule has 2 N–H and O–H groups in total. The molecule has 0 atom stereocenters. The summed E-state index contributed by atoms with van der Waals surface area (Å²) in [6.45, 7) is 1.65. The lowest BCUT2D eigenvalue weighted by molar-refractivity contribution is 0.0696. The van der Waals surface area contributed by atoms with E-state index < -0.39 is 11.9 Å². The van der Waals surface area contributed by atoms with E-state index in [9.17, 15) is 9.59 Å². The average Bonchev–Trinajstić information content (AvgIpc) is 2.68. The molecule has 0 saturated carbocycles. The Morgan fingerprint density at radius 3 is 1.37 bits per heavy atom. The van der Waals surface area contributed by atoms with Gasteiger partial charge in [-0.2, -0.15) is 0 Å². The van der Waals surface area contributed by atoms with Gasteiger partial charge in [0.1, 0.15) is 0 Å².